The molecule has 0 unspecified atom stereocenters. The van der Waals surface area contributed by atoms with Crippen molar-refractivity contribution in [2.45, 2.75) is 13.0 Å². The Morgan fingerprint density at radius 3 is 2.50 bits per heavy atom. The van der Waals surface area contributed by atoms with Gasteiger partial charge in [-0.1, -0.05) is 53.7 Å². The average molecular weight is 292 g/mol. The molecule has 0 fully saturated rings. The number of rotatable bonds is 4. The lowest BCUT2D eigenvalue weighted by Crippen LogP contribution is -2.09. The van der Waals surface area contributed by atoms with E-state index in [1.54, 1.807) is 22.9 Å². The highest BCUT2D eigenvalue weighted by atomic mass is 19.1. The van der Waals surface area contributed by atoms with Gasteiger partial charge >= 0.3 is 0 Å². The summed E-state index contributed by atoms with van der Waals surface area (Å²) in [7, 11) is 0. The lowest BCUT2D eigenvalue weighted by atomic mass is 10.1. The fourth-order valence-corrected chi connectivity index (χ4v) is 2.30. The second-order valence-electron chi connectivity index (χ2n) is 4.91. The van der Waals surface area contributed by atoms with Gasteiger partial charge in [-0.3, -0.25) is 0 Å². The lowest BCUT2D eigenvalue weighted by molar-refractivity contribution is 0.568. The first kappa shape index (κ1) is 14.0. The van der Waals surface area contributed by atoms with Crippen molar-refractivity contribution in [1.82, 2.24) is 15.0 Å². The van der Waals surface area contributed by atoms with Crippen molar-refractivity contribution in [2.75, 3.05) is 0 Å². The Balaban J connectivity index is 1.94. The van der Waals surface area contributed by atoms with Gasteiger partial charge in [-0.2, -0.15) is 5.26 Å². The maximum absolute atomic E-state index is 13.8. The lowest BCUT2D eigenvalue weighted by Gasteiger charge is -2.07. The Kier molecular flexibility index (Phi) is 3.92. The van der Waals surface area contributed by atoms with Crippen molar-refractivity contribution in [1.29, 1.82) is 5.26 Å². The van der Waals surface area contributed by atoms with Crippen LogP contribution in [0, 0.1) is 17.1 Å². The average Bonchev–Trinajstić information content (AvgIpc) is 2.92. The van der Waals surface area contributed by atoms with Crippen LogP contribution in [-0.4, -0.2) is 15.0 Å². The van der Waals surface area contributed by atoms with Gasteiger partial charge in [-0.25, -0.2) is 9.07 Å². The van der Waals surface area contributed by atoms with Gasteiger partial charge in [0.15, 0.2) is 5.69 Å². The van der Waals surface area contributed by atoms with E-state index in [1.807, 2.05) is 36.4 Å². The van der Waals surface area contributed by atoms with Crippen molar-refractivity contribution >= 4 is 0 Å². The van der Waals surface area contributed by atoms with Crippen molar-refractivity contribution < 1.29 is 4.39 Å². The zero-order valence-corrected chi connectivity index (χ0v) is 11.8. The highest BCUT2D eigenvalue weighted by Gasteiger charge is 2.14. The molecule has 0 spiro atoms. The van der Waals surface area contributed by atoms with Gasteiger partial charge in [0, 0.05) is 12.0 Å². The van der Waals surface area contributed by atoms with Gasteiger partial charge < -0.3 is 0 Å². The van der Waals surface area contributed by atoms with Crippen LogP contribution in [-0.2, 0) is 13.0 Å². The van der Waals surface area contributed by atoms with E-state index in [1.165, 1.54) is 6.07 Å². The van der Waals surface area contributed by atoms with Crippen LogP contribution < -0.4 is 0 Å². The molecule has 0 saturated carbocycles. The third-order valence-corrected chi connectivity index (χ3v) is 3.44. The second kappa shape index (κ2) is 6.19. The maximum atomic E-state index is 13.8. The van der Waals surface area contributed by atoms with Crippen LogP contribution >= 0.6 is 0 Å². The minimum absolute atomic E-state index is 0.253. The molecule has 0 amide bonds. The Morgan fingerprint density at radius 1 is 1.05 bits per heavy atom. The Bertz CT molecular complexity index is 818. The summed E-state index contributed by atoms with van der Waals surface area (Å²) in [5.41, 5.74) is 2.54. The molecule has 108 valence electrons. The molecule has 3 aromatic rings. The first-order valence-corrected chi connectivity index (χ1v) is 6.87. The molecular formula is C17H13FN4. The standard InChI is InChI=1S/C17H13FN4/c18-15-9-5-4-8-14(15)12-22-17(16(11-19)20-21-22)10-13-6-2-1-3-7-13/h1-9H,10,12H2. The maximum Gasteiger partial charge on any atom is 0.186 e. The first-order chi connectivity index (χ1) is 10.8. The Labute approximate surface area is 127 Å². The van der Waals surface area contributed by atoms with Crippen LogP contribution in [0.1, 0.15) is 22.5 Å². The van der Waals surface area contributed by atoms with E-state index in [0.717, 1.165) is 5.56 Å². The van der Waals surface area contributed by atoms with Crippen LogP contribution in [0.15, 0.2) is 54.6 Å². The minimum atomic E-state index is -0.290. The summed E-state index contributed by atoms with van der Waals surface area (Å²) in [4.78, 5) is 0. The van der Waals surface area contributed by atoms with Crippen LogP contribution in [0.25, 0.3) is 0 Å². The molecule has 0 bridgehead atoms. The van der Waals surface area contributed by atoms with Crippen molar-refractivity contribution in [3.05, 3.63) is 82.9 Å². The summed E-state index contributed by atoms with van der Waals surface area (Å²) >= 11 is 0. The van der Waals surface area contributed by atoms with Crippen LogP contribution in [0.3, 0.4) is 0 Å². The number of hydrogen-bond donors (Lipinski definition) is 0. The molecule has 0 radical (unpaired) electrons. The first-order valence-electron chi connectivity index (χ1n) is 6.87. The van der Waals surface area contributed by atoms with Crippen LogP contribution in [0.2, 0.25) is 0 Å². The summed E-state index contributed by atoms with van der Waals surface area (Å²) in [5, 5.41) is 17.1. The Morgan fingerprint density at radius 2 is 1.77 bits per heavy atom. The third kappa shape index (κ3) is 2.86. The normalized spacial score (nSPS) is 10.4. The van der Waals surface area contributed by atoms with Crippen LogP contribution in [0.4, 0.5) is 4.39 Å². The largest absolute Gasteiger partial charge is 0.243 e. The Hall–Kier alpha value is -3.00. The minimum Gasteiger partial charge on any atom is -0.243 e. The number of nitrogens with zero attached hydrogens (tertiary/aromatic N) is 4. The van der Waals surface area contributed by atoms with E-state index in [4.69, 9.17) is 0 Å². The van der Waals surface area contributed by atoms with E-state index in [0.29, 0.717) is 17.7 Å². The van der Waals surface area contributed by atoms with Crippen molar-refractivity contribution in [2.24, 2.45) is 0 Å². The SMILES string of the molecule is N#Cc1nnn(Cc2ccccc2F)c1Cc1ccccc1. The molecule has 2 aromatic carbocycles. The van der Waals surface area contributed by atoms with Crippen molar-refractivity contribution in [3.8, 4) is 6.07 Å². The predicted molar refractivity (Wildman–Crippen MR) is 79.5 cm³/mol. The molecule has 1 heterocycles. The topological polar surface area (TPSA) is 54.5 Å². The van der Waals surface area contributed by atoms with Gasteiger partial charge in [-0.05, 0) is 11.6 Å². The van der Waals surface area contributed by atoms with Gasteiger partial charge in [-0.15, -0.1) is 5.10 Å². The fourth-order valence-electron chi connectivity index (χ4n) is 2.30. The molecule has 5 heteroatoms. The summed E-state index contributed by atoms with van der Waals surface area (Å²) in [5.74, 6) is -0.290. The summed E-state index contributed by atoms with van der Waals surface area (Å²) in [6.45, 7) is 0.253. The third-order valence-electron chi connectivity index (χ3n) is 3.44. The van der Waals surface area contributed by atoms with E-state index >= 15 is 0 Å². The molecule has 0 aliphatic rings. The number of halogens is 1. The van der Waals surface area contributed by atoms with E-state index in [2.05, 4.69) is 10.3 Å². The summed E-state index contributed by atoms with van der Waals surface area (Å²) in [6.07, 6.45) is 0.533. The fraction of sp³-hybridized carbons (Fsp3) is 0.118. The molecule has 3 rings (SSSR count). The number of nitriles is 1. The predicted octanol–water partition coefficient (Wildman–Crippen LogP) is 2.93. The second-order valence-corrected chi connectivity index (χ2v) is 4.91. The zero-order valence-electron chi connectivity index (χ0n) is 11.8. The number of benzene rings is 2. The molecule has 0 saturated heterocycles. The quantitative estimate of drug-likeness (QED) is 0.743. The van der Waals surface area contributed by atoms with Gasteiger partial charge in [0.05, 0.1) is 12.2 Å². The van der Waals surface area contributed by atoms with Crippen molar-refractivity contribution in [3.63, 3.8) is 0 Å². The molecule has 22 heavy (non-hydrogen) atoms. The molecule has 0 aliphatic carbocycles. The van der Waals surface area contributed by atoms with E-state index < -0.39 is 0 Å². The van der Waals surface area contributed by atoms with E-state index in [9.17, 15) is 9.65 Å². The molecule has 4 nitrogen and oxygen atoms in total. The number of hydrogen-bond acceptors (Lipinski definition) is 3. The molecule has 0 aliphatic heterocycles. The smallest absolute Gasteiger partial charge is 0.186 e. The molecule has 0 atom stereocenters. The highest BCUT2D eigenvalue weighted by Crippen LogP contribution is 2.15. The summed E-state index contributed by atoms with van der Waals surface area (Å²) < 4.78 is 15.4. The van der Waals surface area contributed by atoms with Gasteiger partial charge in [0.2, 0.25) is 0 Å². The van der Waals surface area contributed by atoms with Gasteiger partial charge in [0.1, 0.15) is 11.9 Å². The number of aromatic nitrogens is 3. The highest BCUT2D eigenvalue weighted by molar-refractivity contribution is 5.31. The zero-order chi connectivity index (χ0) is 15.4. The molecular weight excluding hydrogens is 279 g/mol. The molecule has 0 N–H and O–H groups in total. The monoisotopic (exact) mass is 292 g/mol. The van der Waals surface area contributed by atoms with Crippen LogP contribution in [0.5, 0.6) is 0 Å². The summed E-state index contributed by atoms with van der Waals surface area (Å²) in [6, 6.07) is 18.3. The molecule has 1 aromatic heterocycles. The van der Waals surface area contributed by atoms with E-state index in [-0.39, 0.29) is 18.1 Å². The van der Waals surface area contributed by atoms with Gasteiger partial charge in [0.25, 0.3) is 0 Å².